The Labute approximate surface area is 89.5 Å². The molecule has 1 aliphatic carbocycles. The second-order valence-corrected chi connectivity index (χ2v) is 4.28. The number of aromatic amines is 1. The minimum Gasteiger partial charge on any atom is -0.381 e. The van der Waals surface area contributed by atoms with E-state index < -0.39 is 0 Å². The monoisotopic (exact) mass is 204 g/mol. The van der Waals surface area contributed by atoms with Crippen molar-refractivity contribution >= 4 is 5.82 Å². The standard InChI is InChI=1S/C11H16N4/c12-7-9-10(14-15-11(9)13)6-8-4-2-1-3-5-8/h8H,1-6H2,(H3,13,14,15). The molecule has 4 heteroatoms. The van der Waals surface area contributed by atoms with Crippen LogP contribution in [0.4, 0.5) is 5.82 Å². The first kappa shape index (κ1) is 10.0. The van der Waals surface area contributed by atoms with Gasteiger partial charge in [-0.25, -0.2) is 0 Å². The van der Waals surface area contributed by atoms with Gasteiger partial charge in [0.25, 0.3) is 0 Å². The van der Waals surface area contributed by atoms with Gasteiger partial charge in [0.05, 0.1) is 5.69 Å². The fourth-order valence-electron chi connectivity index (χ4n) is 2.35. The van der Waals surface area contributed by atoms with Crippen molar-refractivity contribution < 1.29 is 0 Å². The summed E-state index contributed by atoms with van der Waals surface area (Å²) in [6.07, 6.45) is 7.44. The predicted molar refractivity (Wildman–Crippen MR) is 58.0 cm³/mol. The van der Waals surface area contributed by atoms with Gasteiger partial charge in [0, 0.05) is 0 Å². The van der Waals surface area contributed by atoms with Crippen molar-refractivity contribution in [3.05, 3.63) is 11.3 Å². The number of aromatic nitrogens is 2. The summed E-state index contributed by atoms with van der Waals surface area (Å²) in [7, 11) is 0. The van der Waals surface area contributed by atoms with Crippen LogP contribution >= 0.6 is 0 Å². The Morgan fingerprint density at radius 1 is 1.40 bits per heavy atom. The van der Waals surface area contributed by atoms with Crippen molar-refractivity contribution in [3.63, 3.8) is 0 Å². The molecular formula is C11H16N4. The normalized spacial score (nSPS) is 17.5. The second-order valence-electron chi connectivity index (χ2n) is 4.28. The minimum absolute atomic E-state index is 0.336. The first-order valence-corrected chi connectivity index (χ1v) is 5.54. The van der Waals surface area contributed by atoms with Crippen LogP contribution < -0.4 is 5.73 Å². The van der Waals surface area contributed by atoms with Gasteiger partial charge in [0.15, 0.2) is 5.82 Å². The zero-order valence-corrected chi connectivity index (χ0v) is 8.79. The zero-order chi connectivity index (χ0) is 10.7. The van der Waals surface area contributed by atoms with Crippen LogP contribution in [0.2, 0.25) is 0 Å². The van der Waals surface area contributed by atoms with E-state index in [2.05, 4.69) is 16.3 Å². The summed E-state index contributed by atoms with van der Waals surface area (Å²) in [4.78, 5) is 0. The molecule has 0 bridgehead atoms. The number of nitriles is 1. The van der Waals surface area contributed by atoms with E-state index in [1.807, 2.05) is 0 Å². The Kier molecular flexibility index (Phi) is 2.91. The van der Waals surface area contributed by atoms with Crippen molar-refractivity contribution in [1.29, 1.82) is 5.26 Å². The lowest BCUT2D eigenvalue weighted by atomic mass is 9.85. The predicted octanol–water partition coefficient (Wildman–Crippen LogP) is 1.99. The van der Waals surface area contributed by atoms with E-state index in [-0.39, 0.29) is 0 Å². The lowest BCUT2D eigenvalue weighted by molar-refractivity contribution is 0.354. The van der Waals surface area contributed by atoms with Crippen LogP contribution in [0.3, 0.4) is 0 Å². The number of nitrogens with two attached hydrogens (primary N) is 1. The maximum Gasteiger partial charge on any atom is 0.163 e. The molecule has 1 aromatic heterocycles. The van der Waals surface area contributed by atoms with Crippen LogP contribution in [0.5, 0.6) is 0 Å². The molecule has 80 valence electrons. The van der Waals surface area contributed by atoms with Gasteiger partial charge in [-0.15, -0.1) is 0 Å². The molecule has 15 heavy (non-hydrogen) atoms. The first-order chi connectivity index (χ1) is 7.31. The van der Waals surface area contributed by atoms with E-state index >= 15 is 0 Å². The molecule has 1 aromatic rings. The molecule has 0 amide bonds. The summed E-state index contributed by atoms with van der Waals surface area (Å²) >= 11 is 0. The van der Waals surface area contributed by atoms with E-state index in [1.54, 1.807) is 0 Å². The molecule has 1 aliphatic rings. The molecule has 1 saturated carbocycles. The Hall–Kier alpha value is -1.50. The summed E-state index contributed by atoms with van der Waals surface area (Å²) < 4.78 is 0. The van der Waals surface area contributed by atoms with Gasteiger partial charge in [-0.05, 0) is 12.3 Å². The quantitative estimate of drug-likeness (QED) is 0.773. The van der Waals surface area contributed by atoms with Crippen LogP contribution in [0, 0.1) is 17.2 Å². The Balaban J connectivity index is 2.06. The number of nitrogens with zero attached hydrogens (tertiary/aromatic N) is 2. The zero-order valence-electron chi connectivity index (χ0n) is 8.79. The highest BCUT2D eigenvalue weighted by Gasteiger charge is 2.18. The summed E-state index contributed by atoms with van der Waals surface area (Å²) in [6.45, 7) is 0. The average molecular weight is 204 g/mol. The van der Waals surface area contributed by atoms with Crippen LogP contribution in [0.15, 0.2) is 0 Å². The van der Waals surface area contributed by atoms with Crippen LogP contribution in [-0.2, 0) is 6.42 Å². The van der Waals surface area contributed by atoms with Crippen molar-refractivity contribution in [1.82, 2.24) is 10.2 Å². The molecule has 1 heterocycles. The number of H-pyrrole nitrogens is 1. The second kappa shape index (κ2) is 4.35. The third kappa shape index (κ3) is 2.12. The number of anilines is 1. The maximum absolute atomic E-state index is 8.93. The molecule has 0 saturated heterocycles. The summed E-state index contributed by atoms with van der Waals surface area (Å²) in [5.74, 6) is 1.04. The number of hydrogen-bond acceptors (Lipinski definition) is 3. The molecule has 0 spiro atoms. The molecule has 0 atom stereocenters. The van der Waals surface area contributed by atoms with Crippen LogP contribution in [0.1, 0.15) is 43.4 Å². The number of rotatable bonds is 2. The van der Waals surface area contributed by atoms with Gasteiger partial charge in [0.1, 0.15) is 11.6 Å². The van der Waals surface area contributed by atoms with Crippen molar-refractivity contribution in [2.24, 2.45) is 5.92 Å². The smallest absolute Gasteiger partial charge is 0.163 e. The Bertz CT molecular complexity index is 368. The summed E-state index contributed by atoms with van der Waals surface area (Å²) in [5.41, 5.74) is 7.05. The molecule has 0 unspecified atom stereocenters. The first-order valence-electron chi connectivity index (χ1n) is 5.54. The molecule has 3 N–H and O–H groups in total. The average Bonchev–Trinajstić information content (AvgIpc) is 2.61. The molecule has 0 radical (unpaired) electrons. The molecule has 2 rings (SSSR count). The Morgan fingerprint density at radius 3 is 2.80 bits per heavy atom. The van der Waals surface area contributed by atoms with Crippen molar-refractivity contribution in [3.8, 4) is 6.07 Å². The minimum atomic E-state index is 0.336. The van der Waals surface area contributed by atoms with Gasteiger partial charge in [-0.3, -0.25) is 5.10 Å². The number of nitrogen functional groups attached to an aromatic ring is 1. The highest BCUT2D eigenvalue weighted by atomic mass is 15.2. The SMILES string of the molecule is N#Cc1c(N)n[nH]c1CC1CCCCC1. The lowest BCUT2D eigenvalue weighted by Gasteiger charge is -2.20. The highest BCUT2D eigenvalue weighted by Crippen LogP contribution is 2.27. The van der Waals surface area contributed by atoms with Crippen LogP contribution in [-0.4, -0.2) is 10.2 Å². The van der Waals surface area contributed by atoms with E-state index in [9.17, 15) is 0 Å². The van der Waals surface area contributed by atoms with Gasteiger partial charge in [0.2, 0.25) is 0 Å². The Morgan fingerprint density at radius 2 is 2.13 bits per heavy atom. The van der Waals surface area contributed by atoms with E-state index in [4.69, 9.17) is 11.0 Å². The summed E-state index contributed by atoms with van der Waals surface area (Å²) in [6, 6.07) is 2.11. The molecule has 0 aromatic carbocycles. The van der Waals surface area contributed by atoms with Gasteiger partial charge in [-0.2, -0.15) is 10.4 Å². The van der Waals surface area contributed by atoms with Crippen molar-refractivity contribution in [2.45, 2.75) is 38.5 Å². The molecule has 1 fully saturated rings. The fourth-order valence-corrected chi connectivity index (χ4v) is 2.35. The van der Waals surface area contributed by atoms with E-state index in [0.717, 1.165) is 12.1 Å². The number of nitrogens with one attached hydrogen (secondary N) is 1. The van der Waals surface area contributed by atoms with E-state index in [1.165, 1.54) is 32.1 Å². The topological polar surface area (TPSA) is 78.5 Å². The third-order valence-corrected chi connectivity index (χ3v) is 3.20. The molecule has 4 nitrogen and oxygen atoms in total. The van der Waals surface area contributed by atoms with Crippen molar-refractivity contribution in [2.75, 3.05) is 5.73 Å². The van der Waals surface area contributed by atoms with E-state index in [0.29, 0.717) is 17.3 Å². The fraction of sp³-hybridized carbons (Fsp3) is 0.636. The van der Waals surface area contributed by atoms with Gasteiger partial charge < -0.3 is 5.73 Å². The molecular weight excluding hydrogens is 188 g/mol. The maximum atomic E-state index is 8.93. The molecule has 0 aliphatic heterocycles. The lowest BCUT2D eigenvalue weighted by Crippen LogP contribution is -2.10. The summed E-state index contributed by atoms with van der Waals surface area (Å²) in [5, 5.41) is 15.7. The van der Waals surface area contributed by atoms with Gasteiger partial charge >= 0.3 is 0 Å². The number of hydrogen-bond donors (Lipinski definition) is 2. The third-order valence-electron chi connectivity index (χ3n) is 3.20. The van der Waals surface area contributed by atoms with Gasteiger partial charge in [-0.1, -0.05) is 32.1 Å². The van der Waals surface area contributed by atoms with Crippen LogP contribution in [0.25, 0.3) is 0 Å². The largest absolute Gasteiger partial charge is 0.381 e. The highest BCUT2D eigenvalue weighted by molar-refractivity contribution is 5.50.